The molecular weight excluding hydrogens is 352 g/mol. The van der Waals surface area contributed by atoms with E-state index in [0.29, 0.717) is 23.0 Å². The van der Waals surface area contributed by atoms with Crippen LogP contribution >= 0.6 is 12.2 Å². The SMILES string of the molecule is CCOc1ccc(-c2n[nH]c(=S)n2CC(=O)N[C@@H](C)c2ccco2)cc1. The van der Waals surface area contributed by atoms with Crippen LogP contribution in [0.1, 0.15) is 25.6 Å². The van der Waals surface area contributed by atoms with E-state index in [-0.39, 0.29) is 18.5 Å². The molecule has 8 heteroatoms. The molecule has 2 aromatic heterocycles. The maximum Gasteiger partial charge on any atom is 0.240 e. The second-order valence-electron chi connectivity index (χ2n) is 5.70. The molecule has 136 valence electrons. The van der Waals surface area contributed by atoms with Gasteiger partial charge < -0.3 is 14.5 Å². The number of hydrogen-bond donors (Lipinski definition) is 2. The molecular formula is C18H20N4O3S. The number of benzene rings is 1. The van der Waals surface area contributed by atoms with Gasteiger partial charge in [-0.3, -0.25) is 14.5 Å². The minimum atomic E-state index is -0.229. The number of nitrogens with zero attached hydrogens (tertiary/aromatic N) is 2. The summed E-state index contributed by atoms with van der Waals surface area (Å²) in [6.07, 6.45) is 1.58. The molecule has 1 amide bonds. The van der Waals surface area contributed by atoms with E-state index in [9.17, 15) is 4.79 Å². The van der Waals surface area contributed by atoms with Crippen LogP contribution in [-0.4, -0.2) is 27.3 Å². The van der Waals surface area contributed by atoms with Crippen LogP contribution in [0.2, 0.25) is 0 Å². The van der Waals surface area contributed by atoms with Crippen LogP contribution in [-0.2, 0) is 11.3 Å². The van der Waals surface area contributed by atoms with Crippen molar-refractivity contribution in [2.75, 3.05) is 6.61 Å². The van der Waals surface area contributed by atoms with Gasteiger partial charge >= 0.3 is 0 Å². The van der Waals surface area contributed by atoms with Gasteiger partial charge in [0.2, 0.25) is 5.91 Å². The zero-order valence-electron chi connectivity index (χ0n) is 14.6. The minimum Gasteiger partial charge on any atom is -0.494 e. The van der Waals surface area contributed by atoms with Gasteiger partial charge in [-0.05, 0) is 62.5 Å². The van der Waals surface area contributed by atoms with E-state index in [1.54, 1.807) is 16.9 Å². The van der Waals surface area contributed by atoms with Gasteiger partial charge in [0.1, 0.15) is 18.1 Å². The molecule has 3 aromatic rings. The lowest BCUT2D eigenvalue weighted by molar-refractivity contribution is -0.122. The molecule has 7 nitrogen and oxygen atoms in total. The number of hydrogen-bond acceptors (Lipinski definition) is 5. The predicted molar refractivity (Wildman–Crippen MR) is 99.3 cm³/mol. The van der Waals surface area contributed by atoms with Crippen LogP contribution in [0, 0.1) is 4.77 Å². The molecule has 1 atom stereocenters. The van der Waals surface area contributed by atoms with Gasteiger partial charge in [-0.2, -0.15) is 5.10 Å². The molecule has 0 aliphatic heterocycles. The molecule has 2 N–H and O–H groups in total. The number of aromatic nitrogens is 3. The van der Waals surface area contributed by atoms with Crippen LogP contribution in [0.25, 0.3) is 11.4 Å². The van der Waals surface area contributed by atoms with E-state index >= 15 is 0 Å². The Balaban J connectivity index is 1.75. The Morgan fingerprint density at radius 3 is 2.81 bits per heavy atom. The topological polar surface area (TPSA) is 85.1 Å². The third-order valence-electron chi connectivity index (χ3n) is 3.83. The summed E-state index contributed by atoms with van der Waals surface area (Å²) in [5.41, 5.74) is 0.840. The quantitative estimate of drug-likeness (QED) is 0.620. The molecule has 3 rings (SSSR count). The molecule has 0 aliphatic rings. The van der Waals surface area contributed by atoms with Crippen molar-refractivity contribution in [3.8, 4) is 17.1 Å². The number of furan rings is 1. The molecule has 0 spiro atoms. The summed E-state index contributed by atoms with van der Waals surface area (Å²) in [4.78, 5) is 12.4. The van der Waals surface area contributed by atoms with Crippen molar-refractivity contribution < 1.29 is 13.9 Å². The summed E-state index contributed by atoms with van der Waals surface area (Å²) in [5, 5.41) is 9.89. The monoisotopic (exact) mass is 372 g/mol. The highest BCUT2D eigenvalue weighted by atomic mass is 32.1. The van der Waals surface area contributed by atoms with Crippen molar-refractivity contribution in [3.63, 3.8) is 0 Å². The summed E-state index contributed by atoms with van der Waals surface area (Å²) in [6, 6.07) is 10.9. The summed E-state index contributed by atoms with van der Waals surface area (Å²) in [6.45, 7) is 4.45. The zero-order valence-corrected chi connectivity index (χ0v) is 15.4. The van der Waals surface area contributed by atoms with Crippen molar-refractivity contribution in [3.05, 3.63) is 53.2 Å². The maximum atomic E-state index is 12.4. The number of aromatic amines is 1. The highest BCUT2D eigenvalue weighted by Crippen LogP contribution is 2.21. The molecule has 0 saturated heterocycles. The first-order chi connectivity index (χ1) is 12.6. The average molecular weight is 372 g/mol. The molecule has 0 bridgehead atoms. The Bertz CT molecular complexity index is 913. The van der Waals surface area contributed by atoms with Gasteiger partial charge in [0, 0.05) is 5.56 Å². The van der Waals surface area contributed by atoms with Crippen LogP contribution in [0.15, 0.2) is 47.1 Å². The third-order valence-corrected chi connectivity index (χ3v) is 4.14. The highest BCUT2D eigenvalue weighted by Gasteiger charge is 2.16. The van der Waals surface area contributed by atoms with E-state index in [2.05, 4.69) is 15.5 Å². The van der Waals surface area contributed by atoms with E-state index < -0.39 is 0 Å². The summed E-state index contributed by atoms with van der Waals surface area (Å²) in [7, 11) is 0. The maximum absolute atomic E-state index is 12.4. The standard InChI is InChI=1S/C18H20N4O3S/c1-3-24-14-8-6-13(7-9-14)17-20-21-18(26)22(17)11-16(23)19-12(2)15-5-4-10-25-15/h4-10,12H,3,11H2,1-2H3,(H,19,23)(H,21,26)/t12-/m0/s1. The number of carbonyl (C=O) groups is 1. The Labute approximate surface area is 156 Å². The number of ether oxygens (including phenoxy) is 1. The minimum absolute atomic E-state index is 0.0585. The van der Waals surface area contributed by atoms with Crippen LogP contribution in [0.5, 0.6) is 5.75 Å². The average Bonchev–Trinajstić information content (AvgIpc) is 3.27. The van der Waals surface area contributed by atoms with Crippen molar-refractivity contribution >= 4 is 18.1 Å². The number of nitrogens with one attached hydrogen (secondary N) is 2. The van der Waals surface area contributed by atoms with Crippen LogP contribution < -0.4 is 10.1 Å². The van der Waals surface area contributed by atoms with Crippen molar-refractivity contribution in [2.24, 2.45) is 0 Å². The Morgan fingerprint density at radius 1 is 1.38 bits per heavy atom. The number of carbonyl (C=O) groups excluding carboxylic acids is 1. The second-order valence-corrected chi connectivity index (χ2v) is 6.09. The van der Waals surface area contributed by atoms with Crippen LogP contribution in [0.4, 0.5) is 0 Å². The molecule has 0 unspecified atom stereocenters. The first kappa shape index (κ1) is 17.9. The smallest absolute Gasteiger partial charge is 0.240 e. The molecule has 26 heavy (non-hydrogen) atoms. The van der Waals surface area contributed by atoms with E-state index in [4.69, 9.17) is 21.4 Å². The fourth-order valence-electron chi connectivity index (χ4n) is 2.59. The molecule has 1 aromatic carbocycles. The number of rotatable bonds is 7. The van der Waals surface area contributed by atoms with Gasteiger partial charge in [-0.15, -0.1) is 0 Å². The first-order valence-corrected chi connectivity index (χ1v) is 8.70. The zero-order chi connectivity index (χ0) is 18.5. The normalized spacial score (nSPS) is 11.9. The summed E-state index contributed by atoms with van der Waals surface area (Å²) >= 11 is 5.27. The molecule has 0 fully saturated rings. The van der Waals surface area contributed by atoms with Gasteiger partial charge in [0.15, 0.2) is 10.6 Å². The predicted octanol–water partition coefficient (Wildman–Crippen LogP) is 3.48. The Hall–Kier alpha value is -2.87. The van der Waals surface area contributed by atoms with E-state index in [1.165, 1.54) is 0 Å². The van der Waals surface area contributed by atoms with Gasteiger partial charge in [-0.1, -0.05) is 0 Å². The summed E-state index contributed by atoms with van der Waals surface area (Å²) in [5.74, 6) is 1.89. The lowest BCUT2D eigenvalue weighted by atomic mass is 10.2. The van der Waals surface area contributed by atoms with Gasteiger partial charge in [0.25, 0.3) is 0 Å². The Morgan fingerprint density at radius 2 is 2.15 bits per heavy atom. The largest absolute Gasteiger partial charge is 0.494 e. The fourth-order valence-corrected chi connectivity index (χ4v) is 2.79. The van der Waals surface area contributed by atoms with E-state index in [1.807, 2.05) is 44.2 Å². The highest BCUT2D eigenvalue weighted by molar-refractivity contribution is 7.71. The molecule has 0 saturated carbocycles. The Kier molecular flexibility index (Phi) is 5.52. The first-order valence-electron chi connectivity index (χ1n) is 8.29. The van der Waals surface area contributed by atoms with Crippen molar-refractivity contribution in [1.82, 2.24) is 20.1 Å². The van der Waals surface area contributed by atoms with Crippen LogP contribution in [0.3, 0.4) is 0 Å². The molecule has 0 radical (unpaired) electrons. The van der Waals surface area contributed by atoms with Gasteiger partial charge in [-0.25, -0.2) is 0 Å². The van der Waals surface area contributed by atoms with E-state index in [0.717, 1.165) is 11.3 Å². The third kappa shape index (κ3) is 4.02. The number of amides is 1. The summed E-state index contributed by atoms with van der Waals surface area (Å²) < 4.78 is 12.8. The van der Waals surface area contributed by atoms with Gasteiger partial charge in [0.05, 0.1) is 18.9 Å². The van der Waals surface area contributed by atoms with Crippen molar-refractivity contribution in [2.45, 2.75) is 26.4 Å². The van der Waals surface area contributed by atoms with Crippen molar-refractivity contribution in [1.29, 1.82) is 0 Å². The molecule has 0 aliphatic carbocycles. The fraction of sp³-hybridized carbons (Fsp3) is 0.278. The lowest BCUT2D eigenvalue weighted by Crippen LogP contribution is -2.30. The second kappa shape index (κ2) is 8.01. The molecule has 2 heterocycles. The number of H-pyrrole nitrogens is 1. The lowest BCUT2D eigenvalue weighted by Gasteiger charge is -2.13.